The van der Waals surface area contributed by atoms with Gasteiger partial charge in [-0.15, -0.1) is 0 Å². The van der Waals surface area contributed by atoms with Crippen LogP contribution in [0.25, 0.3) is 0 Å². The zero-order valence-corrected chi connectivity index (χ0v) is 18.1. The minimum atomic E-state index is 0.0393. The minimum absolute atomic E-state index is 0.0393. The Morgan fingerprint density at radius 3 is 2.60 bits per heavy atom. The lowest BCUT2D eigenvalue weighted by Crippen LogP contribution is -2.45. The summed E-state index contributed by atoms with van der Waals surface area (Å²) in [6.07, 6.45) is 7.11. The Balaban J connectivity index is 1.55. The highest BCUT2D eigenvalue weighted by Crippen LogP contribution is 2.38. The first-order valence-electron chi connectivity index (χ1n) is 11.4. The van der Waals surface area contributed by atoms with Crippen LogP contribution in [0.2, 0.25) is 0 Å². The summed E-state index contributed by atoms with van der Waals surface area (Å²) in [5.74, 6) is 1.14. The van der Waals surface area contributed by atoms with Crippen molar-refractivity contribution in [2.24, 2.45) is 11.3 Å². The van der Waals surface area contributed by atoms with Gasteiger partial charge in [0, 0.05) is 32.7 Å². The summed E-state index contributed by atoms with van der Waals surface area (Å²) in [4.78, 5) is 29.9. The predicted octanol–water partition coefficient (Wildman–Crippen LogP) is 3.36. The number of carbonyl (C=O) groups is 2. The predicted molar refractivity (Wildman–Crippen MR) is 115 cm³/mol. The number of nitrogens with zero attached hydrogens (tertiary/aromatic N) is 2. The highest BCUT2D eigenvalue weighted by Gasteiger charge is 2.37. The van der Waals surface area contributed by atoms with Crippen molar-refractivity contribution in [3.8, 4) is 5.75 Å². The van der Waals surface area contributed by atoms with E-state index in [0.717, 1.165) is 71.2 Å². The highest BCUT2D eigenvalue weighted by atomic mass is 16.5. The molecule has 2 amide bonds. The summed E-state index contributed by atoms with van der Waals surface area (Å²) in [5, 5.41) is 0. The molecule has 3 aliphatic heterocycles. The number of benzene rings is 1. The van der Waals surface area contributed by atoms with Crippen LogP contribution in [-0.4, -0.2) is 68.1 Å². The lowest BCUT2D eigenvalue weighted by Gasteiger charge is -2.41. The van der Waals surface area contributed by atoms with Crippen LogP contribution in [0, 0.1) is 11.3 Å². The molecule has 4 aliphatic rings. The summed E-state index contributed by atoms with van der Waals surface area (Å²) < 4.78 is 11.6. The van der Waals surface area contributed by atoms with Gasteiger partial charge >= 0.3 is 0 Å². The molecule has 0 aromatic heterocycles. The van der Waals surface area contributed by atoms with E-state index in [-0.39, 0.29) is 23.1 Å². The van der Waals surface area contributed by atoms with Crippen LogP contribution >= 0.6 is 0 Å². The second-order valence-electron chi connectivity index (χ2n) is 9.13. The normalized spacial score (nSPS) is 22.6. The van der Waals surface area contributed by atoms with Crippen molar-refractivity contribution < 1.29 is 19.1 Å². The number of amides is 2. The molecule has 5 rings (SSSR count). The van der Waals surface area contributed by atoms with E-state index in [2.05, 4.69) is 0 Å². The first kappa shape index (κ1) is 21.2. The summed E-state index contributed by atoms with van der Waals surface area (Å²) in [5.41, 5.74) is 0.749. The van der Waals surface area contributed by atoms with Crippen molar-refractivity contribution in [3.05, 3.63) is 29.8 Å². The second-order valence-corrected chi connectivity index (χ2v) is 9.13. The number of carbonyl (C=O) groups excluding carboxylic acids is 2. The largest absolute Gasteiger partial charge is 0.491 e. The molecule has 1 saturated heterocycles. The number of piperidine rings is 1. The van der Waals surface area contributed by atoms with E-state index in [0.29, 0.717) is 24.5 Å². The Morgan fingerprint density at radius 2 is 1.87 bits per heavy atom. The molecule has 2 bridgehead atoms. The Morgan fingerprint density at radius 1 is 1.10 bits per heavy atom. The van der Waals surface area contributed by atoms with Crippen LogP contribution in [0.4, 0.5) is 0 Å². The van der Waals surface area contributed by atoms with E-state index in [9.17, 15) is 9.59 Å². The second kappa shape index (κ2) is 9.38. The van der Waals surface area contributed by atoms with E-state index in [1.54, 1.807) is 7.11 Å². The maximum atomic E-state index is 13.2. The fraction of sp³-hybridized carbons (Fsp3) is 0.667. The number of para-hydroxylation sites is 1. The monoisotopic (exact) mass is 414 g/mol. The summed E-state index contributed by atoms with van der Waals surface area (Å²) in [6, 6.07) is 7.49. The fourth-order valence-electron chi connectivity index (χ4n) is 4.89. The lowest BCUT2D eigenvalue weighted by atomic mass is 9.75. The molecule has 2 fully saturated rings. The third kappa shape index (κ3) is 4.80. The molecule has 6 heteroatoms. The van der Waals surface area contributed by atoms with Crippen LogP contribution in [0.3, 0.4) is 0 Å². The molecule has 30 heavy (non-hydrogen) atoms. The zero-order chi connectivity index (χ0) is 21.0. The van der Waals surface area contributed by atoms with E-state index >= 15 is 0 Å². The average Bonchev–Trinajstić information content (AvgIpc) is 3.60. The Hall–Kier alpha value is -2.08. The van der Waals surface area contributed by atoms with Gasteiger partial charge < -0.3 is 19.3 Å². The van der Waals surface area contributed by atoms with Crippen LogP contribution in [0.1, 0.15) is 55.3 Å². The number of hydrogen-bond acceptors (Lipinski definition) is 4. The number of methoxy groups -OCH3 is 1. The molecule has 0 unspecified atom stereocenters. The van der Waals surface area contributed by atoms with Gasteiger partial charge in [-0.25, -0.2) is 0 Å². The average molecular weight is 415 g/mol. The molecule has 164 valence electrons. The smallest absolute Gasteiger partial charge is 0.257 e. The van der Waals surface area contributed by atoms with Gasteiger partial charge in [0.15, 0.2) is 0 Å². The molecule has 0 spiro atoms. The maximum absolute atomic E-state index is 13.2. The van der Waals surface area contributed by atoms with E-state index < -0.39 is 0 Å². The molecular formula is C24H34N2O4. The molecule has 1 saturated carbocycles. The molecule has 1 aromatic rings. The van der Waals surface area contributed by atoms with Gasteiger partial charge in [-0.3, -0.25) is 9.59 Å². The van der Waals surface area contributed by atoms with Crippen LogP contribution in [-0.2, 0) is 9.53 Å². The third-order valence-electron chi connectivity index (χ3n) is 6.92. The molecule has 6 nitrogen and oxygen atoms in total. The van der Waals surface area contributed by atoms with Crippen LogP contribution in [0.15, 0.2) is 24.3 Å². The van der Waals surface area contributed by atoms with Crippen molar-refractivity contribution in [3.63, 3.8) is 0 Å². The lowest BCUT2D eigenvalue weighted by molar-refractivity contribution is -0.133. The first-order valence-corrected chi connectivity index (χ1v) is 11.4. The van der Waals surface area contributed by atoms with E-state index in [4.69, 9.17) is 9.47 Å². The number of rotatable bonds is 3. The summed E-state index contributed by atoms with van der Waals surface area (Å²) in [7, 11) is 1.77. The van der Waals surface area contributed by atoms with Gasteiger partial charge in [0.2, 0.25) is 5.91 Å². The Kier molecular flexibility index (Phi) is 6.61. The van der Waals surface area contributed by atoms with Crippen molar-refractivity contribution in [2.45, 2.75) is 44.9 Å². The quantitative estimate of drug-likeness (QED) is 0.761. The molecule has 0 N–H and O–H groups in total. The fourth-order valence-corrected chi connectivity index (χ4v) is 4.89. The SMILES string of the molecule is COCC12CCCCN(C(=O)C3CC3)CCOc3ccccc3C(=O)N(CC1)CC2. The van der Waals surface area contributed by atoms with Crippen molar-refractivity contribution in [1.82, 2.24) is 9.80 Å². The molecule has 1 aliphatic carbocycles. The van der Waals surface area contributed by atoms with Gasteiger partial charge in [-0.1, -0.05) is 18.6 Å². The standard InChI is InChI=1S/C24H34N2O4/c1-29-18-24-10-4-5-13-25(22(27)19-8-9-19)16-17-30-21-7-3-2-6-20(21)23(28)26(14-11-24)15-12-24/h2-3,6-7,19H,4-5,8-18H2,1H3. The topological polar surface area (TPSA) is 59.1 Å². The summed E-state index contributed by atoms with van der Waals surface area (Å²) in [6.45, 7) is 4.01. The van der Waals surface area contributed by atoms with Gasteiger partial charge in [-0.2, -0.15) is 0 Å². The van der Waals surface area contributed by atoms with E-state index in [1.807, 2.05) is 34.1 Å². The van der Waals surface area contributed by atoms with Gasteiger partial charge in [0.25, 0.3) is 5.91 Å². The Labute approximate surface area is 179 Å². The van der Waals surface area contributed by atoms with Crippen molar-refractivity contribution >= 4 is 11.8 Å². The van der Waals surface area contributed by atoms with Gasteiger partial charge in [-0.05, 0) is 56.1 Å². The molecule has 0 atom stereocenters. The third-order valence-corrected chi connectivity index (χ3v) is 6.92. The van der Waals surface area contributed by atoms with E-state index in [1.165, 1.54) is 0 Å². The maximum Gasteiger partial charge on any atom is 0.257 e. The highest BCUT2D eigenvalue weighted by molar-refractivity contribution is 5.97. The number of fused-ring (bicyclic) bond motifs is 9. The van der Waals surface area contributed by atoms with Gasteiger partial charge in [0.05, 0.1) is 18.7 Å². The minimum Gasteiger partial charge on any atom is -0.491 e. The van der Waals surface area contributed by atoms with Crippen LogP contribution < -0.4 is 4.74 Å². The molecule has 1 aromatic carbocycles. The number of hydrogen-bond donors (Lipinski definition) is 0. The van der Waals surface area contributed by atoms with Crippen molar-refractivity contribution in [1.29, 1.82) is 0 Å². The Bertz CT molecular complexity index is 753. The summed E-state index contributed by atoms with van der Waals surface area (Å²) >= 11 is 0. The first-order chi connectivity index (χ1) is 14.6. The molecular weight excluding hydrogens is 380 g/mol. The number of ether oxygens (including phenoxy) is 2. The van der Waals surface area contributed by atoms with Crippen molar-refractivity contribution in [2.75, 3.05) is 46.5 Å². The van der Waals surface area contributed by atoms with Gasteiger partial charge in [0.1, 0.15) is 12.4 Å². The zero-order valence-electron chi connectivity index (χ0n) is 18.1. The molecule has 0 radical (unpaired) electrons. The van der Waals surface area contributed by atoms with Crippen LogP contribution in [0.5, 0.6) is 5.75 Å². The molecule has 3 heterocycles.